The number of benzene rings is 1. The lowest BCUT2D eigenvalue weighted by Crippen LogP contribution is -2.53. The molecule has 26 heavy (non-hydrogen) atoms. The number of urea groups is 1. The van der Waals surface area contributed by atoms with Crippen molar-refractivity contribution in [3.8, 4) is 0 Å². The number of likely N-dealkylation sites (tertiary alicyclic amines) is 1. The lowest BCUT2D eigenvalue weighted by molar-refractivity contribution is -0.153. The van der Waals surface area contributed by atoms with Crippen LogP contribution in [0.5, 0.6) is 0 Å². The zero-order chi connectivity index (χ0) is 18.9. The molecule has 2 aliphatic rings. The lowest BCUT2D eigenvalue weighted by Gasteiger charge is -2.44. The van der Waals surface area contributed by atoms with Crippen molar-refractivity contribution in [3.05, 3.63) is 29.3 Å². The molecule has 1 spiro atoms. The first-order valence-corrected chi connectivity index (χ1v) is 9.39. The maximum atomic E-state index is 12.5. The van der Waals surface area contributed by atoms with E-state index in [2.05, 4.69) is 12.2 Å². The highest BCUT2D eigenvalue weighted by atomic mass is 35.5. The van der Waals surface area contributed by atoms with E-state index in [4.69, 9.17) is 16.3 Å². The van der Waals surface area contributed by atoms with Crippen molar-refractivity contribution < 1.29 is 14.3 Å². The Labute approximate surface area is 159 Å². The van der Waals surface area contributed by atoms with E-state index in [-0.39, 0.29) is 29.6 Å². The summed E-state index contributed by atoms with van der Waals surface area (Å²) in [7, 11) is 3.51. The van der Waals surface area contributed by atoms with E-state index in [1.165, 1.54) is 0 Å². The Bertz CT molecular complexity index is 679. The molecule has 1 aromatic rings. The number of carbonyl (C=O) groups excluding carboxylic acids is 2. The van der Waals surface area contributed by atoms with E-state index in [0.29, 0.717) is 18.1 Å². The van der Waals surface area contributed by atoms with Crippen LogP contribution in [0.25, 0.3) is 0 Å². The Morgan fingerprint density at radius 1 is 1.27 bits per heavy atom. The summed E-state index contributed by atoms with van der Waals surface area (Å²) in [4.78, 5) is 28.1. The molecule has 2 aliphatic heterocycles. The summed E-state index contributed by atoms with van der Waals surface area (Å²) in [6.07, 6.45) is 2.00. The third-order valence-electron chi connectivity index (χ3n) is 5.50. The van der Waals surface area contributed by atoms with Gasteiger partial charge < -0.3 is 19.9 Å². The van der Waals surface area contributed by atoms with Crippen LogP contribution in [0.2, 0.25) is 5.02 Å². The number of rotatable bonds is 2. The number of piperidine rings is 1. The van der Waals surface area contributed by atoms with E-state index in [9.17, 15) is 9.59 Å². The van der Waals surface area contributed by atoms with Crippen LogP contribution in [-0.2, 0) is 9.53 Å². The standard InChI is InChI=1S/C19H26ClN3O3/c1-13-12-23(18(25)21-15-6-4-14(20)5-7-15)11-10-19(13)9-8-16(26-19)17(24)22(2)3/h4-7,13,16H,8-12H2,1-3H3,(H,21,25). The molecule has 0 bridgehead atoms. The van der Waals surface area contributed by atoms with Gasteiger partial charge in [0.1, 0.15) is 6.10 Å². The number of halogens is 1. The second-order valence-corrected chi connectivity index (χ2v) is 7.91. The number of amides is 3. The summed E-state index contributed by atoms with van der Waals surface area (Å²) < 4.78 is 6.22. The fourth-order valence-electron chi connectivity index (χ4n) is 3.86. The highest BCUT2D eigenvalue weighted by Crippen LogP contribution is 2.42. The molecule has 1 aromatic carbocycles. The predicted octanol–water partition coefficient (Wildman–Crippen LogP) is 3.22. The number of nitrogens with zero attached hydrogens (tertiary/aromatic N) is 2. The Morgan fingerprint density at radius 2 is 1.96 bits per heavy atom. The second kappa shape index (κ2) is 7.45. The number of carbonyl (C=O) groups is 2. The molecule has 0 aromatic heterocycles. The van der Waals surface area contributed by atoms with Crippen LogP contribution in [0.15, 0.2) is 24.3 Å². The van der Waals surface area contributed by atoms with Gasteiger partial charge in [-0.25, -0.2) is 4.79 Å². The molecule has 7 heteroatoms. The van der Waals surface area contributed by atoms with Gasteiger partial charge in [0.15, 0.2) is 0 Å². The van der Waals surface area contributed by atoms with Crippen LogP contribution in [0.4, 0.5) is 10.5 Å². The number of ether oxygens (including phenoxy) is 1. The van der Waals surface area contributed by atoms with E-state index >= 15 is 0 Å². The zero-order valence-corrected chi connectivity index (χ0v) is 16.3. The molecule has 3 atom stereocenters. The van der Waals surface area contributed by atoms with Crippen molar-refractivity contribution in [2.24, 2.45) is 5.92 Å². The first-order valence-electron chi connectivity index (χ1n) is 9.01. The van der Waals surface area contributed by atoms with Gasteiger partial charge >= 0.3 is 6.03 Å². The Balaban J connectivity index is 1.59. The van der Waals surface area contributed by atoms with Gasteiger partial charge in [-0.2, -0.15) is 0 Å². The Kier molecular flexibility index (Phi) is 5.44. The van der Waals surface area contributed by atoms with Crippen LogP contribution in [0.3, 0.4) is 0 Å². The minimum atomic E-state index is -0.359. The molecular weight excluding hydrogens is 354 g/mol. The first kappa shape index (κ1) is 19.0. The average molecular weight is 380 g/mol. The van der Waals surface area contributed by atoms with Gasteiger partial charge in [0.2, 0.25) is 0 Å². The normalized spacial score (nSPS) is 28.2. The zero-order valence-electron chi connectivity index (χ0n) is 15.5. The maximum Gasteiger partial charge on any atom is 0.321 e. The van der Waals surface area contributed by atoms with Crippen LogP contribution in [0.1, 0.15) is 26.2 Å². The van der Waals surface area contributed by atoms with Crippen LogP contribution in [-0.4, -0.2) is 60.6 Å². The molecule has 2 fully saturated rings. The molecule has 3 rings (SSSR count). The summed E-state index contributed by atoms with van der Waals surface area (Å²) in [5.74, 6) is 0.198. The van der Waals surface area contributed by atoms with E-state index in [0.717, 1.165) is 24.9 Å². The number of anilines is 1. The third-order valence-corrected chi connectivity index (χ3v) is 5.75. The van der Waals surface area contributed by atoms with Crippen molar-refractivity contribution in [2.75, 3.05) is 32.5 Å². The van der Waals surface area contributed by atoms with Crippen LogP contribution >= 0.6 is 11.6 Å². The number of nitrogens with one attached hydrogen (secondary N) is 1. The molecule has 1 N–H and O–H groups in total. The first-order chi connectivity index (χ1) is 12.3. The molecule has 3 amide bonds. The average Bonchev–Trinajstić information content (AvgIpc) is 3.04. The predicted molar refractivity (Wildman–Crippen MR) is 101 cm³/mol. The molecule has 0 saturated carbocycles. The number of likely N-dealkylation sites (N-methyl/N-ethyl adjacent to an activating group) is 1. The van der Waals surface area contributed by atoms with Crippen molar-refractivity contribution >= 4 is 29.2 Å². The second-order valence-electron chi connectivity index (χ2n) is 7.48. The minimum absolute atomic E-state index is 0.0250. The Morgan fingerprint density at radius 3 is 2.58 bits per heavy atom. The summed E-state index contributed by atoms with van der Waals surface area (Å²) in [6, 6.07) is 6.95. The summed E-state index contributed by atoms with van der Waals surface area (Å²) in [5, 5.41) is 3.54. The van der Waals surface area contributed by atoms with Crippen molar-refractivity contribution in [3.63, 3.8) is 0 Å². The van der Waals surface area contributed by atoms with Crippen molar-refractivity contribution in [2.45, 2.75) is 37.9 Å². The van der Waals surface area contributed by atoms with Crippen LogP contribution < -0.4 is 5.32 Å². The minimum Gasteiger partial charge on any atom is -0.362 e. The molecule has 3 unspecified atom stereocenters. The Hall–Kier alpha value is -1.79. The maximum absolute atomic E-state index is 12.5. The van der Waals surface area contributed by atoms with Crippen molar-refractivity contribution in [1.29, 1.82) is 0 Å². The third kappa shape index (κ3) is 3.81. The number of hydrogen-bond acceptors (Lipinski definition) is 3. The molecule has 0 radical (unpaired) electrons. The molecule has 0 aliphatic carbocycles. The quantitative estimate of drug-likeness (QED) is 0.858. The van der Waals surface area contributed by atoms with Crippen molar-refractivity contribution in [1.82, 2.24) is 9.80 Å². The fraction of sp³-hybridized carbons (Fsp3) is 0.579. The highest BCUT2D eigenvalue weighted by Gasteiger charge is 2.49. The largest absolute Gasteiger partial charge is 0.362 e. The summed E-state index contributed by atoms with van der Waals surface area (Å²) in [5.41, 5.74) is 0.425. The highest BCUT2D eigenvalue weighted by molar-refractivity contribution is 6.30. The van der Waals surface area contributed by atoms with Gasteiger partial charge in [-0.05, 0) is 43.5 Å². The van der Waals surface area contributed by atoms with Crippen LogP contribution in [0, 0.1) is 5.92 Å². The summed E-state index contributed by atoms with van der Waals surface area (Å²) >= 11 is 5.87. The van der Waals surface area contributed by atoms with Gasteiger partial charge in [-0.3, -0.25) is 4.79 Å². The van der Waals surface area contributed by atoms with Gasteiger partial charge in [0.25, 0.3) is 5.91 Å². The van der Waals surface area contributed by atoms with Gasteiger partial charge in [0, 0.05) is 43.8 Å². The fourth-order valence-corrected chi connectivity index (χ4v) is 3.99. The van der Waals surface area contributed by atoms with Gasteiger partial charge in [-0.15, -0.1) is 0 Å². The molecule has 6 nitrogen and oxygen atoms in total. The lowest BCUT2D eigenvalue weighted by atomic mass is 9.80. The van der Waals surface area contributed by atoms with E-state index in [1.54, 1.807) is 43.3 Å². The molecular formula is C19H26ClN3O3. The summed E-state index contributed by atoms with van der Waals surface area (Å²) in [6.45, 7) is 3.33. The number of hydrogen-bond donors (Lipinski definition) is 1. The van der Waals surface area contributed by atoms with E-state index in [1.807, 2.05) is 4.90 Å². The van der Waals surface area contributed by atoms with Gasteiger partial charge in [-0.1, -0.05) is 18.5 Å². The molecule has 142 valence electrons. The topological polar surface area (TPSA) is 61.9 Å². The van der Waals surface area contributed by atoms with E-state index < -0.39 is 0 Å². The monoisotopic (exact) mass is 379 g/mol. The van der Waals surface area contributed by atoms with Gasteiger partial charge in [0.05, 0.1) is 5.60 Å². The SMILES string of the molecule is CC1CN(C(=O)Nc2ccc(Cl)cc2)CCC12CCC(C(=O)N(C)C)O2. The smallest absolute Gasteiger partial charge is 0.321 e. The molecule has 2 heterocycles. The molecule has 2 saturated heterocycles.